The van der Waals surface area contributed by atoms with Crippen LogP contribution in [0.2, 0.25) is 0 Å². The first-order chi connectivity index (χ1) is 8.84. The Balaban J connectivity index is 1.65. The molecule has 1 aromatic heterocycles. The zero-order chi connectivity index (χ0) is 12.6. The summed E-state index contributed by atoms with van der Waals surface area (Å²) < 4.78 is 6.58. The maximum absolute atomic E-state index is 5.63. The Bertz CT molecular complexity index is 473. The van der Waals surface area contributed by atoms with Crippen molar-refractivity contribution in [1.29, 1.82) is 0 Å². The molecule has 0 N–H and O–H groups in total. The van der Waals surface area contributed by atoms with Crippen molar-refractivity contribution < 1.29 is 4.74 Å². The first kappa shape index (κ1) is 13.1. The lowest BCUT2D eigenvalue weighted by Crippen LogP contribution is -1.98. The van der Waals surface area contributed by atoms with Gasteiger partial charge in [-0.25, -0.2) is 0 Å². The van der Waals surface area contributed by atoms with E-state index in [1.165, 1.54) is 5.56 Å². The summed E-state index contributed by atoms with van der Waals surface area (Å²) in [6.07, 6.45) is 6.80. The zero-order valence-electron chi connectivity index (χ0n) is 10.2. The molecule has 0 radical (unpaired) electrons. The van der Waals surface area contributed by atoms with E-state index >= 15 is 0 Å². The number of hydrogen-bond donors (Lipinski definition) is 0. The SMILES string of the molecule is Brc1cncc(OCCCCc2ccccc2)c1. The number of rotatable bonds is 6. The van der Waals surface area contributed by atoms with Crippen LogP contribution in [-0.4, -0.2) is 11.6 Å². The molecule has 3 heteroatoms. The minimum atomic E-state index is 0.741. The highest BCUT2D eigenvalue weighted by Gasteiger charge is 1.96. The minimum Gasteiger partial charge on any atom is -0.492 e. The molecule has 0 saturated heterocycles. The molecule has 0 amide bonds. The summed E-state index contributed by atoms with van der Waals surface area (Å²) in [7, 11) is 0. The van der Waals surface area contributed by atoms with E-state index in [0.29, 0.717) is 0 Å². The summed E-state index contributed by atoms with van der Waals surface area (Å²) >= 11 is 3.37. The molecule has 94 valence electrons. The molecule has 2 nitrogen and oxygen atoms in total. The van der Waals surface area contributed by atoms with Crippen LogP contribution < -0.4 is 4.74 Å². The molecule has 2 aromatic rings. The van der Waals surface area contributed by atoms with Gasteiger partial charge in [0.1, 0.15) is 5.75 Å². The molecular formula is C15H16BrNO. The summed E-state index contributed by atoms with van der Waals surface area (Å²) in [5.41, 5.74) is 1.39. The van der Waals surface area contributed by atoms with Crippen LogP contribution in [0, 0.1) is 0 Å². The lowest BCUT2D eigenvalue weighted by molar-refractivity contribution is 0.305. The fourth-order valence-electron chi connectivity index (χ4n) is 1.74. The highest BCUT2D eigenvalue weighted by Crippen LogP contribution is 2.16. The maximum Gasteiger partial charge on any atom is 0.138 e. The van der Waals surface area contributed by atoms with Gasteiger partial charge in [0.2, 0.25) is 0 Å². The Morgan fingerprint density at radius 1 is 1.06 bits per heavy atom. The Labute approximate surface area is 116 Å². The average Bonchev–Trinajstić information content (AvgIpc) is 2.40. The molecule has 0 aliphatic heterocycles. The van der Waals surface area contributed by atoms with Crippen LogP contribution in [0.15, 0.2) is 53.3 Å². The standard InChI is InChI=1S/C15H16BrNO/c16-14-10-15(12-17-11-14)18-9-5-4-8-13-6-2-1-3-7-13/h1-3,6-7,10-12H,4-5,8-9H2. The van der Waals surface area contributed by atoms with Crippen LogP contribution in [0.5, 0.6) is 5.75 Å². The Morgan fingerprint density at radius 3 is 2.67 bits per heavy atom. The summed E-state index contributed by atoms with van der Waals surface area (Å²) in [6, 6.07) is 12.5. The molecule has 18 heavy (non-hydrogen) atoms. The number of aromatic nitrogens is 1. The third-order valence-electron chi connectivity index (χ3n) is 2.65. The van der Waals surface area contributed by atoms with Gasteiger partial charge in [-0.1, -0.05) is 30.3 Å². The van der Waals surface area contributed by atoms with Gasteiger partial charge in [-0.3, -0.25) is 4.98 Å². The van der Waals surface area contributed by atoms with Crippen LogP contribution in [-0.2, 0) is 6.42 Å². The smallest absolute Gasteiger partial charge is 0.138 e. The number of benzene rings is 1. The molecule has 0 aliphatic rings. The van der Waals surface area contributed by atoms with Gasteiger partial charge in [0, 0.05) is 10.7 Å². The second-order valence-corrected chi connectivity index (χ2v) is 5.05. The average molecular weight is 306 g/mol. The first-order valence-corrected chi connectivity index (χ1v) is 6.91. The van der Waals surface area contributed by atoms with Gasteiger partial charge >= 0.3 is 0 Å². The van der Waals surface area contributed by atoms with E-state index in [4.69, 9.17) is 4.74 Å². The van der Waals surface area contributed by atoms with Gasteiger partial charge in [-0.05, 0) is 46.8 Å². The number of unbranched alkanes of at least 4 members (excludes halogenated alkanes) is 1. The summed E-state index contributed by atoms with van der Waals surface area (Å²) in [4.78, 5) is 4.06. The largest absolute Gasteiger partial charge is 0.492 e. The highest BCUT2D eigenvalue weighted by molar-refractivity contribution is 9.10. The number of nitrogens with zero attached hydrogens (tertiary/aromatic N) is 1. The van der Waals surface area contributed by atoms with Crippen molar-refractivity contribution >= 4 is 15.9 Å². The molecule has 0 spiro atoms. The molecule has 1 aromatic carbocycles. The fourth-order valence-corrected chi connectivity index (χ4v) is 2.08. The lowest BCUT2D eigenvalue weighted by atomic mass is 10.1. The van der Waals surface area contributed by atoms with Gasteiger partial charge in [-0.15, -0.1) is 0 Å². The van der Waals surface area contributed by atoms with E-state index in [1.54, 1.807) is 12.4 Å². The van der Waals surface area contributed by atoms with E-state index in [9.17, 15) is 0 Å². The Morgan fingerprint density at radius 2 is 1.89 bits per heavy atom. The van der Waals surface area contributed by atoms with Crippen molar-refractivity contribution in [2.75, 3.05) is 6.61 Å². The number of aryl methyl sites for hydroxylation is 1. The highest BCUT2D eigenvalue weighted by atomic mass is 79.9. The van der Waals surface area contributed by atoms with Crippen molar-refractivity contribution in [2.45, 2.75) is 19.3 Å². The van der Waals surface area contributed by atoms with Gasteiger partial charge < -0.3 is 4.74 Å². The van der Waals surface area contributed by atoms with Gasteiger partial charge in [-0.2, -0.15) is 0 Å². The number of pyridine rings is 1. The van der Waals surface area contributed by atoms with Gasteiger partial charge in [0.15, 0.2) is 0 Å². The predicted octanol–water partition coefficient (Wildman–Crippen LogP) is 4.25. The van der Waals surface area contributed by atoms with E-state index < -0.39 is 0 Å². The van der Waals surface area contributed by atoms with Crippen LogP contribution >= 0.6 is 15.9 Å². The molecule has 0 bridgehead atoms. The van der Waals surface area contributed by atoms with Crippen molar-refractivity contribution in [1.82, 2.24) is 4.98 Å². The second-order valence-electron chi connectivity index (χ2n) is 4.13. The summed E-state index contributed by atoms with van der Waals surface area (Å²) in [5.74, 6) is 0.823. The molecule has 0 aliphatic carbocycles. The van der Waals surface area contributed by atoms with Gasteiger partial charge in [0.05, 0.1) is 12.8 Å². The van der Waals surface area contributed by atoms with E-state index in [2.05, 4.69) is 45.2 Å². The summed E-state index contributed by atoms with van der Waals surface area (Å²) in [6.45, 7) is 0.741. The van der Waals surface area contributed by atoms with Crippen molar-refractivity contribution in [3.8, 4) is 5.75 Å². The third kappa shape index (κ3) is 4.49. The number of halogens is 1. The molecule has 0 unspecified atom stereocenters. The van der Waals surface area contributed by atoms with Crippen LogP contribution in [0.25, 0.3) is 0 Å². The molecule has 0 saturated carbocycles. The molecule has 0 fully saturated rings. The van der Waals surface area contributed by atoms with E-state index in [1.807, 2.05) is 12.1 Å². The summed E-state index contributed by atoms with van der Waals surface area (Å²) in [5, 5.41) is 0. The Hall–Kier alpha value is -1.35. The maximum atomic E-state index is 5.63. The number of ether oxygens (including phenoxy) is 1. The van der Waals surface area contributed by atoms with Gasteiger partial charge in [0.25, 0.3) is 0 Å². The monoisotopic (exact) mass is 305 g/mol. The zero-order valence-corrected chi connectivity index (χ0v) is 11.8. The minimum absolute atomic E-state index is 0.741. The Kier molecular flexibility index (Phi) is 5.21. The van der Waals surface area contributed by atoms with E-state index in [-0.39, 0.29) is 0 Å². The van der Waals surface area contributed by atoms with Crippen molar-refractivity contribution in [3.05, 3.63) is 58.8 Å². The van der Waals surface area contributed by atoms with Crippen LogP contribution in [0.4, 0.5) is 0 Å². The van der Waals surface area contributed by atoms with Crippen molar-refractivity contribution in [3.63, 3.8) is 0 Å². The lowest BCUT2D eigenvalue weighted by Gasteiger charge is -2.06. The van der Waals surface area contributed by atoms with Crippen LogP contribution in [0.1, 0.15) is 18.4 Å². The quantitative estimate of drug-likeness (QED) is 0.745. The molecule has 2 rings (SSSR count). The van der Waals surface area contributed by atoms with Crippen LogP contribution in [0.3, 0.4) is 0 Å². The second kappa shape index (κ2) is 7.17. The topological polar surface area (TPSA) is 22.1 Å². The van der Waals surface area contributed by atoms with E-state index in [0.717, 1.165) is 36.1 Å². The number of hydrogen-bond acceptors (Lipinski definition) is 2. The third-order valence-corrected chi connectivity index (χ3v) is 3.08. The molecule has 0 atom stereocenters. The first-order valence-electron chi connectivity index (χ1n) is 6.12. The fraction of sp³-hybridized carbons (Fsp3) is 0.267. The van der Waals surface area contributed by atoms with Crippen molar-refractivity contribution in [2.24, 2.45) is 0 Å². The molecule has 1 heterocycles. The predicted molar refractivity (Wildman–Crippen MR) is 76.8 cm³/mol. The molecular weight excluding hydrogens is 290 g/mol. The normalized spacial score (nSPS) is 10.3.